The van der Waals surface area contributed by atoms with Crippen LogP contribution in [-0.2, 0) is 4.79 Å². The van der Waals surface area contributed by atoms with Gasteiger partial charge in [-0.15, -0.1) is 0 Å². The van der Waals surface area contributed by atoms with Crippen LogP contribution < -0.4 is 5.32 Å². The second kappa shape index (κ2) is 5.12. The summed E-state index contributed by atoms with van der Waals surface area (Å²) >= 11 is 0. The molecular formula is C12H16N4O2. The first kappa shape index (κ1) is 12.5. The third kappa shape index (κ3) is 2.82. The minimum absolute atomic E-state index is 0.0108. The maximum Gasteiger partial charge on any atom is 0.271 e. The van der Waals surface area contributed by atoms with E-state index < -0.39 is 0 Å². The normalized spacial score (nSPS) is 19.8. The first-order valence-electron chi connectivity index (χ1n) is 5.89. The molecule has 2 heterocycles. The summed E-state index contributed by atoms with van der Waals surface area (Å²) in [7, 11) is 1.74. The van der Waals surface area contributed by atoms with Gasteiger partial charge in [0.25, 0.3) is 5.91 Å². The van der Waals surface area contributed by atoms with Crippen molar-refractivity contribution >= 4 is 11.8 Å². The SMILES string of the molecule is Cc1cnc(C(=O)N[C@@H]2CCC(=O)N(C)C2)cn1. The van der Waals surface area contributed by atoms with Crippen LogP contribution in [0, 0.1) is 6.92 Å². The average Bonchev–Trinajstić information content (AvgIpc) is 2.34. The van der Waals surface area contributed by atoms with Gasteiger partial charge in [0.15, 0.2) is 0 Å². The van der Waals surface area contributed by atoms with Gasteiger partial charge in [0.05, 0.1) is 11.9 Å². The van der Waals surface area contributed by atoms with Gasteiger partial charge < -0.3 is 10.2 Å². The van der Waals surface area contributed by atoms with E-state index in [1.54, 1.807) is 18.1 Å². The van der Waals surface area contributed by atoms with E-state index in [-0.39, 0.29) is 17.9 Å². The molecule has 0 unspecified atom stereocenters. The fourth-order valence-electron chi connectivity index (χ4n) is 1.90. The Morgan fingerprint density at radius 1 is 1.44 bits per heavy atom. The van der Waals surface area contributed by atoms with Gasteiger partial charge in [-0.3, -0.25) is 14.6 Å². The smallest absolute Gasteiger partial charge is 0.271 e. The third-order valence-corrected chi connectivity index (χ3v) is 2.98. The van der Waals surface area contributed by atoms with Gasteiger partial charge in [0.2, 0.25) is 5.91 Å². The van der Waals surface area contributed by atoms with Crippen molar-refractivity contribution in [2.75, 3.05) is 13.6 Å². The number of aryl methyl sites for hydroxylation is 1. The van der Waals surface area contributed by atoms with Gasteiger partial charge >= 0.3 is 0 Å². The van der Waals surface area contributed by atoms with Crippen molar-refractivity contribution in [3.05, 3.63) is 23.8 Å². The Labute approximate surface area is 105 Å². The highest BCUT2D eigenvalue weighted by Gasteiger charge is 2.24. The molecule has 1 saturated heterocycles. The van der Waals surface area contributed by atoms with Crippen LogP contribution >= 0.6 is 0 Å². The zero-order chi connectivity index (χ0) is 13.1. The molecule has 0 saturated carbocycles. The monoisotopic (exact) mass is 248 g/mol. The van der Waals surface area contributed by atoms with Crippen molar-refractivity contribution in [3.8, 4) is 0 Å². The molecule has 18 heavy (non-hydrogen) atoms. The van der Waals surface area contributed by atoms with Crippen LogP contribution in [0.4, 0.5) is 0 Å². The fraction of sp³-hybridized carbons (Fsp3) is 0.500. The predicted molar refractivity (Wildman–Crippen MR) is 64.9 cm³/mol. The van der Waals surface area contributed by atoms with E-state index in [1.165, 1.54) is 6.20 Å². The zero-order valence-electron chi connectivity index (χ0n) is 10.5. The highest BCUT2D eigenvalue weighted by molar-refractivity contribution is 5.92. The molecule has 1 atom stereocenters. The lowest BCUT2D eigenvalue weighted by atomic mass is 10.1. The lowest BCUT2D eigenvalue weighted by Gasteiger charge is -2.29. The molecule has 1 aromatic heterocycles. The Morgan fingerprint density at radius 3 is 2.83 bits per heavy atom. The zero-order valence-corrected chi connectivity index (χ0v) is 10.5. The molecule has 1 N–H and O–H groups in total. The van der Waals surface area contributed by atoms with E-state index in [0.717, 1.165) is 5.69 Å². The number of carbonyl (C=O) groups is 2. The summed E-state index contributed by atoms with van der Waals surface area (Å²) in [6, 6.07) is -0.0108. The quantitative estimate of drug-likeness (QED) is 0.807. The molecule has 0 aliphatic carbocycles. The number of aromatic nitrogens is 2. The Hall–Kier alpha value is -1.98. The fourth-order valence-corrected chi connectivity index (χ4v) is 1.90. The Bertz CT molecular complexity index is 458. The molecule has 1 aliphatic rings. The van der Waals surface area contributed by atoms with Gasteiger partial charge in [-0.2, -0.15) is 0 Å². The second-order valence-corrected chi connectivity index (χ2v) is 4.53. The second-order valence-electron chi connectivity index (χ2n) is 4.53. The minimum Gasteiger partial charge on any atom is -0.346 e. The number of nitrogens with one attached hydrogen (secondary N) is 1. The van der Waals surface area contributed by atoms with Crippen molar-refractivity contribution in [1.29, 1.82) is 0 Å². The number of hydrogen-bond acceptors (Lipinski definition) is 4. The Kier molecular flexibility index (Phi) is 3.55. The number of likely N-dealkylation sites (N-methyl/N-ethyl adjacent to an activating group) is 1. The van der Waals surface area contributed by atoms with Crippen LogP contribution in [0.5, 0.6) is 0 Å². The van der Waals surface area contributed by atoms with Crippen molar-refractivity contribution in [2.45, 2.75) is 25.8 Å². The van der Waals surface area contributed by atoms with E-state index in [1.807, 2.05) is 6.92 Å². The van der Waals surface area contributed by atoms with Crippen LogP contribution in [0.25, 0.3) is 0 Å². The molecule has 1 fully saturated rings. The summed E-state index contributed by atoms with van der Waals surface area (Å²) in [5.41, 5.74) is 1.08. The summed E-state index contributed by atoms with van der Waals surface area (Å²) in [5, 5.41) is 2.87. The lowest BCUT2D eigenvalue weighted by molar-refractivity contribution is -0.132. The van der Waals surface area contributed by atoms with Crippen molar-refractivity contribution in [1.82, 2.24) is 20.2 Å². The topological polar surface area (TPSA) is 75.2 Å². The summed E-state index contributed by atoms with van der Waals surface area (Å²) in [6.45, 7) is 2.36. The van der Waals surface area contributed by atoms with E-state index in [9.17, 15) is 9.59 Å². The maximum absolute atomic E-state index is 11.9. The molecule has 2 amide bonds. The molecule has 1 aliphatic heterocycles. The molecule has 0 bridgehead atoms. The first-order valence-corrected chi connectivity index (χ1v) is 5.89. The summed E-state index contributed by atoms with van der Waals surface area (Å²) < 4.78 is 0. The number of likely N-dealkylation sites (tertiary alicyclic amines) is 1. The van der Waals surface area contributed by atoms with E-state index in [2.05, 4.69) is 15.3 Å². The molecule has 6 nitrogen and oxygen atoms in total. The number of piperidine rings is 1. The number of nitrogens with zero attached hydrogens (tertiary/aromatic N) is 3. The Balaban J connectivity index is 1.95. The number of hydrogen-bond donors (Lipinski definition) is 1. The third-order valence-electron chi connectivity index (χ3n) is 2.98. The van der Waals surface area contributed by atoms with Crippen molar-refractivity contribution in [3.63, 3.8) is 0 Å². The van der Waals surface area contributed by atoms with Crippen LogP contribution in [0.2, 0.25) is 0 Å². The van der Waals surface area contributed by atoms with Crippen molar-refractivity contribution in [2.24, 2.45) is 0 Å². The molecule has 0 aromatic carbocycles. The van der Waals surface area contributed by atoms with Crippen LogP contribution in [0.3, 0.4) is 0 Å². The summed E-state index contributed by atoms with van der Waals surface area (Å²) in [6.07, 6.45) is 4.17. The molecule has 1 aromatic rings. The largest absolute Gasteiger partial charge is 0.346 e. The Morgan fingerprint density at radius 2 is 2.22 bits per heavy atom. The molecule has 0 radical (unpaired) electrons. The minimum atomic E-state index is -0.241. The first-order chi connectivity index (χ1) is 8.56. The molecule has 0 spiro atoms. The van der Waals surface area contributed by atoms with Gasteiger partial charge in [-0.1, -0.05) is 0 Å². The van der Waals surface area contributed by atoms with E-state index in [0.29, 0.717) is 25.1 Å². The number of rotatable bonds is 2. The van der Waals surface area contributed by atoms with E-state index >= 15 is 0 Å². The van der Waals surface area contributed by atoms with Crippen molar-refractivity contribution < 1.29 is 9.59 Å². The highest BCUT2D eigenvalue weighted by atomic mass is 16.2. The predicted octanol–water partition coefficient (Wildman–Crippen LogP) is 0.136. The molecule has 6 heteroatoms. The highest BCUT2D eigenvalue weighted by Crippen LogP contribution is 2.10. The van der Waals surface area contributed by atoms with Gasteiger partial charge in [-0.05, 0) is 13.3 Å². The van der Waals surface area contributed by atoms with Gasteiger partial charge in [-0.25, -0.2) is 4.98 Å². The van der Waals surface area contributed by atoms with E-state index in [4.69, 9.17) is 0 Å². The standard InChI is InChI=1S/C12H16N4O2/c1-8-5-14-10(6-13-8)12(18)15-9-3-4-11(17)16(2)7-9/h5-6,9H,3-4,7H2,1-2H3,(H,15,18)/t9-/m1/s1. The van der Waals surface area contributed by atoms with Crippen LogP contribution in [0.1, 0.15) is 29.0 Å². The van der Waals surface area contributed by atoms with Gasteiger partial charge in [0.1, 0.15) is 5.69 Å². The molecular weight excluding hydrogens is 232 g/mol. The number of carbonyl (C=O) groups excluding carboxylic acids is 2. The molecule has 2 rings (SSSR count). The number of amides is 2. The summed E-state index contributed by atoms with van der Waals surface area (Å²) in [4.78, 5) is 32.9. The maximum atomic E-state index is 11.9. The summed E-state index contributed by atoms with van der Waals surface area (Å²) in [5.74, 6) is -0.120. The van der Waals surface area contributed by atoms with Crippen LogP contribution in [0.15, 0.2) is 12.4 Å². The molecule has 96 valence electrons. The lowest BCUT2D eigenvalue weighted by Crippen LogP contribution is -2.48. The van der Waals surface area contributed by atoms with Gasteiger partial charge in [0, 0.05) is 32.3 Å². The average molecular weight is 248 g/mol. The van der Waals surface area contributed by atoms with Crippen LogP contribution in [-0.4, -0.2) is 46.3 Å².